The predicted octanol–water partition coefficient (Wildman–Crippen LogP) is 6.97. The van der Waals surface area contributed by atoms with Crippen LogP contribution in [0, 0.1) is 3.57 Å². The summed E-state index contributed by atoms with van der Waals surface area (Å²) in [4.78, 5) is 8.98. The lowest BCUT2D eigenvalue weighted by Crippen LogP contribution is -1.86. The van der Waals surface area contributed by atoms with Crippen LogP contribution >= 0.6 is 50.1 Å². The van der Waals surface area contributed by atoms with Gasteiger partial charge in [0.15, 0.2) is 5.58 Å². The molecule has 1 N–H and O–H groups in total. The van der Waals surface area contributed by atoms with E-state index in [1.54, 1.807) is 18.3 Å². The topological polar surface area (TPSA) is 58.6 Å². The first kappa shape index (κ1) is 18.5. The Morgan fingerprint density at radius 3 is 2.81 bits per heavy atom. The molecular formula is C20H11BrClIN2O2. The standard InChI is InChI=1S/C20H11BrClIN2O2/c21-13-3-1-2-11(6-13)20-25-17-9-15(4-5-18(17)27-20)24-10-12-7-14(22)8-16(23)19(12)26/h1-10,26H. The summed E-state index contributed by atoms with van der Waals surface area (Å²) in [6.45, 7) is 0. The lowest BCUT2D eigenvalue weighted by atomic mass is 10.2. The Labute approximate surface area is 182 Å². The lowest BCUT2D eigenvalue weighted by Gasteiger charge is -2.02. The van der Waals surface area contributed by atoms with Gasteiger partial charge in [-0.05, 0) is 71.1 Å². The number of benzene rings is 3. The van der Waals surface area contributed by atoms with E-state index in [4.69, 9.17) is 16.0 Å². The SMILES string of the molecule is Oc1c(I)cc(Cl)cc1C=Nc1ccc2oc(-c3cccc(Br)c3)nc2c1. The van der Waals surface area contributed by atoms with E-state index in [0.717, 1.165) is 10.0 Å². The van der Waals surface area contributed by atoms with Gasteiger partial charge in [0.05, 0.1) is 9.26 Å². The van der Waals surface area contributed by atoms with E-state index in [1.807, 2.05) is 65.1 Å². The van der Waals surface area contributed by atoms with Crippen LogP contribution in [0.4, 0.5) is 5.69 Å². The van der Waals surface area contributed by atoms with Gasteiger partial charge in [-0.2, -0.15) is 0 Å². The molecule has 0 aliphatic carbocycles. The molecule has 0 radical (unpaired) electrons. The summed E-state index contributed by atoms with van der Waals surface area (Å²) >= 11 is 11.5. The fourth-order valence-electron chi connectivity index (χ4n) is 2.57. The van der Waals surface area contributed by atoms with Gasteiger partial charge in [0, 0.05) is 26.8 Å². The van der Waals surface area contributed by atoms with Crippen molar-refractivity contribution in [1.29, 1.82) is 0 Å². The maximum atomic E-state index is 10.1. The third kappa shape index (κ3) is 4.02. The normalized spacial score (nSPS) is 11.5. The smallest absolute Gasteiger partial charge is 0.227 e. The van der Waals surface area contributed by atoms with Gasteiger partial charge in [-0.3, -0.25) is 4.99 Å². The zero-order valence-corrected chi connectivity index (χ0v) is 18.2. The van der Waals surface area contributed by atoms with Gasteiger partial charge in [0.2, 0.25) is 5.89 Å². The number of oxazole rings is 1. The van der Waals surface area contributed by atoms with Crippen molar-refractivity contribution in [3.8, 4) is 17.2 Å². The van der Waals surface area contributed by atoms with Crippen molar-refractivity contribution in [1.82, 2.24) is 4.98 Å². The molecule has 7 heteroatoms. The van der Waals surface area contributed by atoms with Gasteiger partial charge < -0.3 is 9.52 Å². The molecule has 0 saturated carbocycles. The lowest BCUT2D eigenvalue weighted by molar-refractivity contribution is 0.470. The zero-order chi connectivity index (χ0) is 19.0. The summed E-state index contributed by atoms with van der Waals surface area (Å²) in [6, 6.07) is 16.6. The van der Waals surface area contributed by atoms with Gasteiger partial charge in [0.25, 0.3) is 0 Å². The van der Waals surface area contributed by atoms with E-state index in [0.29, 0.717) is 36.8 Å². The third-order valence-corrected chi connectivity index (χ3v) is 5.39. The molecule has 0 bridgehead atoms. The summed E-state index contributed by atoms with van der Waals surface area (Å²) in [5, 5.41) is 10.7. The van der Waals surface area contributed by atoms with Crippen LogP contribution in [0.3, 0.4) is 0 Å². The predicted molar refractivity (Wildman–Crippen MR) is 120 cm³/mol. The average molecular weight is 554 g/mol. The molecule has 4 rings (SSSR count). The minimum Gasteiger partial charge on any atom is -0.506 e. The second-order valence-corrected chi connectivity index (χ2v) is 8.28. The summed E-state index contributed by atoms with van der Waals surface area (Å²) < 4.78 is 7.47. The summed E-state index contributed by atoms with van der Waals surface area (Å²) in [6.07, 6.45) is 1.58. The second kappa shape index (κ2) is 7.61. The van der Waals surface area contributed by atoms with Crippen LogP contribution in [-0.2, 0) is 0 Å². The van der Waals surface area contributed by atoms with Crippen molar-refractivity contribution >= 4 is 73.1 Å². The minimum atomic E-state index is 0.156. The van der Waals surface area contributed by atoms with E-state index in [-0.39, 0.29) is 5.75 Å². The molecule has 0 aliphatic rings. The summed E-state index contributed by atoms with van der Waals surface area (Å²) in [5.41, 5.74) is 3.55. The number of nitrogens with zero attached hydrogens (tertiary/aromatic N) is 2. The van der Waals surface area contributed by atoms with Gasteiger partial charge in [-0.25, -0.2) is 4.98 Å². The number of rotatable bonds is 3. The number of hydrogen-bond acceptors (Lipinski definition) is 4. The van der Waals surface area contributed by atoms with E-state index in [2.05, 4.69) is 25.9 Å². The quantitative estimate of drug-likeness (QED) is 0.220. The van der Waals surface area contributed by atoms with Crippen molar-refractivity contribution in [2.75, 3.05) is 0 Å². The Kier molecular flexibility index (Phi) is 5.21. The minimum absolute atomic E-state index is 0.156. The third-order valence-electron chi connectivity index (χ3n) is 3.85. The molecule has 1 heterocycles. The second-order valence-electron chi connectivity index (χ2n) is 5.77. The fourth-order valence-corrected chi connectivity index (χ4v) is 4.03. The number of hydrogen-bond donors (Lipinski definition) is 1. The molecule has 4 aromatic rings. The maximum Gasteiger partial charge on any atom is 0.227 e. The fraction of sp³-hybridized carbons (Fsp3) is 0. The number of phenolic OH excluding ortho intramolecular Hbond substituents is 1. The van der Waals surface area contributed by atoms with Gasteiger partial charge in [-0.15, -0.1) is 0 Å². The van der Waals surface area contributed by atoms with Crippen molar-refractivity contribution < 1.29 is 9.52 Å². The molecule has 0 spiro atoms. The number of aromatic nitrogens is 1. The van der Waals surface area contributed by atoms with Crippen molar-refractivity contribution in [3.05, 3.63) is 73.2 Å². The van der Waals surface area contributed by atoms with Gasteiger partial charge in [0.1, 0.15) is 11.3 Å². The molecule has 0 atom stereocenters. The van der Waals surface area contributed by atoms with Crippen LogP contribution in [0.5, 0.6) is 5.75 Å². The molecule has 134 valence electrons. The molecular weight excluding hydrogens is 542 g/mol. The number of phenols is 1. The zero-order valence-electron chi connectivity index (χ0n) is 13.7. The molecule has 4 nitrogen and oxygen atoms in total. The Hall–Kier alpha value is -1.90. The molecule has 27 heavy (non-hydrogen) atoms. The van der Waals surface area contributed by atoms with Crippen molar-refractivity contribution in [3.63, 3.8) is 0 Å². The molecule has 0 fully saturated rings. The number of aliphatic imine (C=N–C) groups is 1. The molecule has 0 unspecified atom stereocenters. The number of fused-ring (bicyclic) bond motifs is 1. The molecule has 1 aromatic heterocycles. The van der Waals surface area contributed by atoms with Crippen LogP contribution < -0.4 is 0 Å². The maximum absolute atomic E-state index is 10.1. The van der Waals surface area contributed by atoms with Crippen molar-refractivity contribution in [2.45, 2.75) is 0 Å². The van der Waals surface area contributed by atoms with Crippen LogP contribution in [0.15, 0.2) is 68.5 Å². The molecule has 0 aliphatic heterocycles. The largest absolute Gasteiger partial charge is 0.506 e. The van der Waals surface area contributed by atoms with Crippen LogP contribution in [0.1, 0.15) is 5.56 Å². The monoisotopic (exact) mass is 552 g/mol. The van der Waals surface area contributed by atoms with E-state index < -0.39 is 0 Å². The van der Waals surface area contributed by atoms with Gasteiger partial charge >= 0.3 is 0 Å². The van der Waals surface area contributed by atoms with Crippen LogP contribution in [0.2, 0.25) is 5.02 Å². The average Bonchev–Trinajstić information content (AvgIpc) is 3.07. The Morgan fingerprint density at radius 1 is 1.15 bits per heavy atom. The highest BCUT2D eigenvalue weighted by Gasteiger charge is 2.09. The highest BCUT2D eigenvalue weighted by molar-refractivity contribution is 14.1. The van der Waals surface area contributed by atoms with E-state index >= 15 is 0 Å². The Balaban J connectivity index is 1.68. The first-order valence-electron chi connectivity index (χ1n) is 7.88. The molecule has 3 aromatic carbocycles. The number of aromatic hydroxyl groups is 1. The van der Waals surface area contributed by atoms with Crippen molar-refractivity contribution in [2.24, 2.45) is 4.99 Å². The van der Waals surface area contributed by atoms with Crippen LogP contribution in [-0.4, -0.2) is 16.3 Å². The summed E-state index contributed by atoms with van der Waals surface area (Å²) in [7, 11) is 0. The van der Waals surface area contributed by atoms with E-state index in [1.165, 1.54) is 0 Å². The number of halogens is 3. The highest BCUT2D eigenvalue weighted by Crippen LogP contribution is 2.30. The highest BCUT2D eigenvalue weighted by atomic mass is 127. The van der Waals surface area contributed by atoms with Crippen LogP contribution in [0.25, 0.3) is 22.6 Å². The first-order valence-corrected chi connectivity index (χ1v) is 10.1. The Bertz CT molecular complexity index is 1190. The van der Waals surface area contributed by atoms with E-state index in [9.17, 15) is 5.11 Å². The van der Waals surface area contributed by atoms with Gasteiger partial charge in [-0.1, -0.05) is 33.6 Å². The Morgan fingerprint density at radius 2 is 2.00 bits per heavy atom. The molecule has 0 amide bonds. The summed E-state index contributed by atoms with van der Waals surface area (Å²) in [5.74, 6) is 0.706. The molecule has 0 saturated heterocycles. The first-order chi connectivity index (χ1) is 13.0.